The molecule has 4 rings (SSSR count). The van der Waals surface area contributed by atoms with E-state index in [1.54, 1.807) is 6.92 Å². The van der Waals surface area contributed by atoms with Gasteiger partial charge in [-0.15, -0.1) is 10.2 Å². The van der Waals surface area contributed by atoms with Gasteiger partial charge in [-0.05, 0) is 23.3 Å². The molecule has 8 heteroatoms. The van der Waals surface area contributed by atoms with E-state index in [4.69, 9.17) is 4.42 Å². The Morgan fingerprint density at radius 1 is 1.14 bits per heavy atom. The molecule has 1 aliphatic rings. The lowest BCUT2D eigenvalue weighted by molar-refractivity contribution is -0.134. The van der Waals surface area contributed by atoms with Crippen molar-refractivity contribution in [3.8, 4) is 0 Å². The lowest BCUT2D eigenvalue weighted by Crippen LogP contribution is -2.58. The van der Waals surface area contributed by atoms with Crippen molar-refractivity contribution in [2.45, 2.75) is 30.4 Å². The summed E-state index contributed by atoms with van der Waals surface area (Å²) in [5, 5.41) is 13.8. The highest BCUT2D eigenvalue weighted by molar-refractivity contribution is 7.98. The second kappa shape index (κ2) is 7.63. The number of amides is 3. The molecule has 1 saturated heterocycles. The van der Waals surface area contributed by atoms with E-state index in [0.29, 0.717) is 23.3 Å². The molecular weight excluding hydrogens is 376 g/mol. The van der Waals surface area contributed by atoms with Crippen LogP contribution in [0.2, 0.25) is 0 Å². The van der Waals surface area contributed by atoms with Gasteiger partial charge >= 0.3 is 6.03 Å². The van der Waals surface area contributed by atoms with Crippen LogP contribution in [0.4, 0.5) is 4.79 Å². The Bertz CT molecular complexity index is 1030. The minimum atomic E-state index is -0.418. The number of imide groups is 1. The van der Waals surface area contributed by atoms with Crippen LogP contribution in [0.25, 0.3) is 10.8 Å². The van der Waals surface area contributed by atoms with Crippen molar-refractivity contribution in [3.05, 3.63) is 53.9 Å². The van der Waals surface area contributed by atoms with E-state index in [1.807, 2.05) is 18.2 Å². The Morgan fingerprint density at radius 3 is 2.79 bits per heavy atom. The van der Waals surface area contributed by atoms with E-state index in [1.165, 1.54) is 35.1 Å². The first-order chi connectivity index (χ1) is 13.5. The summed E-state index contributed by atoms with van der Waals surface area (Å²) in [5.41, 5.74) is 1.20. The normalized spacial score (nSPS) is 19.9. The van der Waals surface area contributed by atoms with Crippen molar-refractivity contribution < 1.29 is 14.0 Å². The van der Waals surface area contributed by atoms with Crippen LogP contribution in [0.15, 0.2) is 52.1 Å². The Labute approximate surface area is 166 Å². The van der Waals surface area contributed by atoms with Gasteiger partial charge < -0.3 is 9.73 Å². The number of aromatic nitrogens is 2. The number of rotatable bonds is 5. The van der Waals surface area contributed by atoms with Gasteiger partial charge in [0.05, 0.1) is 5.92 Å². The molecule has 3 aromatic rings. The first kappa shape index (κ1) is 18.5. The lowest BCUT2D eigenvalue weighted by Gasteiger charge is -2.33. The van der Waals surface area contributed by atoms with Gasteiger partial charge in [-0.2, -0.15) is 0 Å². The number of thioether (sulfide) groups is 1. The third-order valence-corrected chi connectivity index (χ3v) is 5.85. The van der Waals surface area contributed by atoms with Crippen LogP contribution in [-0.2, 0) is 17.0 Å². The average molecular weight is 396 g/mol. The number of fused-ring (bicyclic) bond motifs is 1. The fourth-order valence-corrected chi connectivity index (χ4v) is 4.13. The van der Waals surface area contributed by atoms with E-state index >= 15 is 0 Å². The molecule has 2 atom stereocenters. The monoisotopic (exact) mass is 396 g/mol. The molecule has 0 aliphatic carbocycles. The highest BCUT2D eigenvalue weighted by Gasteiger charge is 2.37. The third-order valence-electron chi connectivity index (χ3n) is 4.98. The molecule has 3 amide bonds. The Kier molecular flexibility index (Phi) is 5.04. The average Bonchev–Trinajstić information content (AvgIpc) is 3.15. The van der Waals surface area contributed by atoms with Crippen LogP contribution in [0.1, 0.15) is 18.4 Å². The van der Waals surface area contributed by atoms with Gasteiger partial charge in [-0.25, -0.2) is 4.79 Å². The van der Waals surface area contributed by atoms with Crippen molar-refractivity contribution in [1.82, 2.24) is 20.4 Å². The number of hydrogen-bond donors (Lipinski definition) is 1. The second-order valence-corrected chi connectivity index (χ2v) is 7.76. The number of carbonyl (C=O) groups excluding carboxylic acids is 2. The topological polar surface area (TPSA) is 88.3 Å². The van der Waals surface area contributed by atoms with E-state index in [-0.39, 0.29) is 18.0 Å². The number of hydrogen-bond acceptors (Lipinski definition) is 6. The van der Waals surface area contributed by atoms with Gasteiger partial charge in [0.2, 0.25) is 11.8 Å². The van der Waals surface area contributed by atoms with Crippen LogP contribution >= 0.6 is 11.8 Å². The molecule has 7 nitrogen and oxygen atoms in total. The predicted molar refractivity (Wildman–Crippen MR) is 106 cm³/mol. The van der Waals surface area contributed by atoms with Crippen molar-refractivity contribution in [2.75, 3.05) is 7.05 Å². The first-order valence-corrected chi connectivity index (χ1v) is 10.0. The predicted octanol–water partition coefficient (Wildman–Crippen LogP) is 3.24. The molecule has 2 aromatic carbocycles. The fraction of sp³-hybridized carbons (Fsp3) is 0.300. The zero-order valence-electron chi connectivity index (χ0n) is 15.6. The zero-order chi connectivity index (χ0) is 19.7. The number of benzene rings is 2. The van der Waals surface area contributed by atoms with Crippen LogP contribution in [-0.4, -0.2) is 40.1 Å². The molecule has 0 radical (unpaired) electrons. The molecule has 1 N–H and O–H groups in total. The van der Waals surface area contributed by atoms with E-state index in [0.717, 1.165) is 4.90 Å². The van der Waals surface area contributed by atoms with Gasteiger partial charge in [0.15, 0.2) is 0 Å². The Hall–Kier alpha value is -2.87. The maximum atomic E-state index is 12.4. The molecule has 1 aromatic heterocycles. The summed E-state index contributed by atoms with van der Waals surface area (Å²) in [6, 6.07) is 13.8. The molecule has 28 heavy (non-hydrogen) atoms. The van der Waals surface area contributed by atoms with Gasteiger partial charge in [0.25, 0.3) is 5.22 Å². The summed E-state index contributed by atoms with van der Waals surface area (Å²) in [6.07, 6.45) is 0.298. The maximum absolute atomic E-state index is 12.4. The minimum absolute atomic E-state index is 0.237. The summed E-state index contributed by atoms with van der Waals surface area (Å²) in [4.78, 5) is 25.1. The number of carbonyl (C=O) groups is 2. The van der Waals surface area contributed by atoms with Crippen LogP contribution < -0.4 is 5.32 Å². The molecule has 144 valence electrons. The lowest BCUT2D eigenvalue weighted by atomic mass is 9.94. The van der Waals surface area contributed by atoms with E-state index in [2.05, 4.69) is 39.8 Å². The standard InChI is InChI=1S/C20H20N4O3S/c1-12-16(18(25)24(2)19(26)21-12)10-17-22-23-20(27-17)28-11-14-8-5-7-13-6-3-4-9-15(13)14/h3-9,12,16H,10-11H2,1-2H3,(H,21,26). The maximum Gasteiger partial charge on any atom is 0.324 e. The first-order valence-electron chi connectivity index (χ1n) is 9.03. The second-order valence-electron chi connectivity index (χ2n) is 6.83. The van der Waals surface area contributed by atoms with Gasteiger partial charge in [0, 0.05) is 25.3 Å². The highest BCUT2D eigenvalue weighted by atomic mass is 32.2. The fourth-order valence-electron chi connectivity index (χ4n) is 3.34. The molecule has 0 saturated carbocycles. The SMILES string of the molecule is CC1NC(=O)N(C)C(=O)C1Cc1nnc(SCc2cccc3ccccc23)o1. The van der Waals surface area contributed by atoms with Crippen molar-refractivity contribution >= 4 is 34.5 Å². The third kappa shape index (κ3) is 3.60. The summed E-state index contributed by atoms with van der Waals surface area (Å²) >= 11 is 1.47. The van der Waals surface area contributed by atoms with Gasteiger partial charge in [0.1, 0.15) is 0 Å². The Morgan fingerprint density at radius 2 is 1.93 bits per heavy atom. The molecule has 1 aliphatic heterocycles. The van der Waals surface area contributed by atoms with Gasteiger partial charge in [-0.1, -0.05) is 54.2 Å². The number of nitrogens with one attached hydrogen (secondary N) is 1. The van der Waals surface area contributed by atoms with Crippen molar-refractivity contribution in [1.29, 1.82) is 0 Å². The smallest absolute Gasteiger partial charge is 0.324 e. The number of urea groups is 1. The molecule has 1 fully saturated rings. The van der Waals surface area contributed by atoms with Crippen molar-refractivity contribution in [3.63, 3.8) is 0 Å². The summed E-state index contributed by atoms with van der Waals surface area (Å²) < 4.78 is 5.74. The summed E-state index contributed by atoms with van der Waals surface area (Å²) in [7, 11) is 1.47. The molecular formula is C20H20N4O3S. The zero-order valence-corrected chi connectivity index (χ0v) is 16.4. The van der Waals surface area contributed by atoms with Crippen LogP contribution in [0.5, 0.6) is 0 Å². The van der Waals surface area contributed by atoms with Crippen LogP contribution in [0.3, 0.4) is 0 Å². The van der Waals surface area contributed by atoms with E-state index in [9.17, 15) is 9.59 Å². The molecule has 0 bridgehead atoms. The van der Waals surface area contributed by atoms with Crippen molar-refractivity contribution in [2.24, 2.45) is 5.92 Å². The number of nitrogens with zero attached hydrogens (tertiary/aromatic N) is 3. The van der Waals surface area contributed by atoms with Crippen LogP contribution in [0, 0.1) is 5.92 Å². The highest BCUT2D eigenvalue weighted by Crippen LogP contribution is 2.27. The van der Waals surface area contributed by atoms with E-state index < -0.39 is 5.92 Å². The summed E-state index contributed by atoms with van der Waals surface area (Å²) in [6.45, 7) is 1.81. The molecule has 0 spiro atoms. The summed E-state index contributed by atoms with van der Waals surface area (Å²) in [5.74, 6) is 0.453. The largest absolute Gasteiger partial charge is 0.416 e. The Balaban J connectivity index is 1.43. The molecule has 2 heterocycles. The van der Waals surface area contributed by atoms with Gasteiger partial charge in [-0.3, -0.25) is 9.69 Å². The molecule has 2 unspecified atom stereocenters. The minimum Gasteiger partial charge on any atom is -0.416 e. The quantitative estimate of drug-likeness (QED) is 0.666.